The maximum Gasteiger partial charge on any atom is 0.307 e. The van der Waals surface area contributed by atoms with Gasteiger partial charge in [0.2, 0.25) is 0 Å². The molecule has 2 rings (SSSR count). The van der Waals surface area contributed by atoms with Crippen molar-refractivity contribution in [2.75, 3.05) is 5.75 Å². The highest BCUT2D eigenvalue weighted by molar-refractivity contribution is 7.91. The second-order valence-corrected chi connectivity index (χ2v) is 7.41. The number of rotatable bonds is 8. The molecule has 23 heavy (non-hydrogen) atoms. The van der Waals surface area contributed by atoms with E-state index in [1.54, 1.807) is 0 Å². The Morgan fingerprint density at radius 1 is 1.09 bits per heavy atom. The van der Waals surface area contributed by atoms with Gasteiger partial charge in [-0.25, -0.2) is 8.42 Å². The fraction of sp³-hybridized carbons (Fsp3) is 0.294. The molecule has 1 unspecified atom stereocenters. The molecule has 0 amide bonds. The van der Waals surface area contributed by atoms with Crippen LogP contribution in [0.25, 0.3) is 0 Å². The van der Waals surface area contributed by atoms with Crippen molar-refractivity contribution in [2.24, 2.45) is 5.92 Å². The summed E-state index contributed by atoms with van der Waals surface area (Å²) in [7, 11) is -3.62. The number of aromatic nitrogens is 1. The maximum atomic E-state index is 12.3. The summed E-state index contributed by atoms with van der Waals surface area (Å²) in [6.45, 7) is 0. The normalized spacial score (nSPS) is 12.7. The predicted octanol–water partition coefficient (Wildman–Crippen LogP) is 2.58. The molecule has 5 nitrogen and oxygen atoms in total. The van der Waals surface area contributed by atoms with Crippen molar-refractivity contribution in [1.29, 1.82) is 0 Å². The van der Waals surface area contributed by atoms with Crippen LogP contribution in [0.4, 0.5) is 0 Å². The second-order valence-electron chi connectivity index (χ2n) is 5.38. The van der Waals surface area contributed by atoms with E-state index in [4.69, 9.17) is 0 Å². The average Bonchev–Trinajstić information content (AvgIpc) is 2.55. The number of carboxylic acid groups (broad SMARTS) is 1. The van der Waals surface area contributed by atoms with Crippen molar-refractivity contribution in [3.8, 4) is 0 Å². The van der Waals surface area contributed by atoms with Crippen LogP contribution >= 0.6 is 0 Å². The Morgan fingerprint density at radius 2 is 1.74 bits per heavy atom. The lowest BCUT2D eigenvalue weighted by Crippen LogP contribution is -2.24. The third kappa shape index (κ3) is 5.17. The van der Waals surface area contributed by atoms with E-state index >= 15 is 0 Å². The quantitative estimate of drug-likeness (QED) is 0.802. The highest BCUT2D eigenvalue weighted by Crippen LogP contribution is 2.18. The first-order chi connectivity index (χ1) is 11.0. The molecule has 1 aromatic carbocycles. The van der Waals surface area contributed by atoms with E-state index in [-0.39, 0.29) is 10.6 Å². The summed E-state index contributed by atoms with van der Waals surface area (Å²) in [5.74, 6) is -2.37. The molecule has 2 aromatic rings. The van der Waals surface area contributed by atoms with Crippen molar-refractivity contribution in [2.45, 2.75) is 24.2 Å². The molecule has 1 N–H and O–H groups in total. The van der Waals surface area contributed by atoms with Gasteiger partial charge in [-0.1, -0.05) is 30.3 Å². The van der Waals surface area contributed by atoms with Crippen molar-refractivity contribution in [1.82, 2.24) is 4.98 Å². The summed E-state index contributed by atoms with van der Waals surface area (Å²) in [6, 6.07) is 12.5. The van der Waals surface area contributed by atoms with Gasteiger partial charge in [0.05, 0.1) is 16.6 Å². The Bertz CT molecular complexity index is 730. The monoisotopic (exact) mass is 333 g/mol. The van der Waals surface area contributed by atoms with Gasteiger partial charge in [0, 0.05) is 12.4 Å². The van der Waals surface area contributed by atoms with Gasteiger partial charge < -0.3 is 5.11 Å². The first-order valence-electron chi connectivity index (χ1n) is 7.38. The maximum absolute atomic E-state index is 12.3. The molecule has 0 aliphatic carbocycles. The van der Waals surface area contributed by atoms with E-state index < -0.39 is 21.7 Å². The molecule has 0 aliphatic rings. The van der Waals surface area contributed by atoms with Gasteiger partial charge in [0.15, 0.2) is 9.84 Å². The van der Waals surface area contributed by atoms with Crippen LogP contribution in [-0.2, 0) is 21.1 Å². The van der Waals surface area contributed by atoms with E-state index in [1.807, 2.05) is 30.3 Å². The third-order valence-corrected chi connectivity index (χ3v) is 5.47. The lowest BCUT2D eigenvalue weighted by molar-refractivity contribution is -0.141. The van der Waals surface area contributed by atoms with E-state index in [0.717, 1.165) is 12.0 Å². The highest BCUT2D eigenvalue weighted by atomic mass is 32.2. The zero-order valence-electron chi connectivity index (χ0n) is 12.6. The van der Waals surface area contributed by atoms with Crippen LogP contribution in [0.15, 0.2) is 59.8 Å². The van der Waals surface area contributed by atoms with Gasteiger partial charge >= 0.3 is 5.97 Å². The van der Waals surface area contributed by atoms with Crippen LogP contribution in [0.1, 0.15) is 18.4 Å². The van der Waals surface area contributed by atoms with Gasteiger partial charge in [0.1, 0.15) is 0 Å². The summed E-state index contributed by atoms with van der Waals surface area (Å²) >= 11 is 0. The molecule has 6 heteroatoms. The Hall–Kier alpha value is -2.21. The van der Waals surface area contributed by atoms with Crippen molar-refractivity contribution >= 4 is 15.8 Å². The zero-order chi connectivity index (χ0) is 16.7. The Morgan fingerprint density at radius 3 is 2.35 bits per heavy atom. The van der Waals surface area contributed by atoms with Crippen LogP contribution in [0.3, 0.4) is 0 Å². The van der Waals surface area contributed by atoms with Crippen LogP contribution in [0, 0.1) is 5.92 Å². The molecule has 1 heterocycles. The molecule has 122 valence electrons. The number of sulfone groups is 1. The first kappa shape index (κ1) is 17.1. The number of hydrogen-bond acceptors (Lipinski definition) is 4. The van der Waals surface area contributed by atoms with Crippen LogP contribution in [0.2, 0.25) is 0 Å². The molecule has 0 bridgehead atoms. The number of pyridine rings is 1. The molecule has 0 spiro atoms. The number of nitrogens with zero attached hydrogens (tertiary/aromatic N) is 1. The topological polar surface area (TPSA) is 84.3 Å². The van der Waals surface area contributed by atoms with Gasteiger partial charge in [-0.3, -0.25) is 9.78 Å². The Labute approximate surface area is 135 Å². The standard InChI is InChI=1S/C17H19NO4S/c19-17(20)15(8-4-7-14-5-2-1-3-6-14)13-23(21,22)16-9-11-18-12-10-16/h1-3,5-6,9-12,15H,4,7-8,13H2,(H,19,20). The molecule has 0 saturated carbocycles. The summed E-state index contributed by atoms with van der Waals surface area (Å²) in [6.07, 6.45) is 4.47. The van der Waals surface area contributed by atoms with Gasteiger partial charge in [-0.05, 0) is 37.0 Å². The molecular weight excluding hydrogens is 314 g/mol. The minimum atomic E-state index is -3.62. The van der Waals surface area contributed by atoms with E-state index in [0.29, 0.717) is 12.8 Å². The third-order valence-electron chi connectivity index (χ3n) is 3.64. The smallest absolute Gasteiger partial charge is 0.307 e. The van der Waals surface area contributed by atoms with Crippen LogP contribution in [-0.4, -0.2) is 30.2 Å². The van der Waals surface area contributed by atoms with E-state index in [2.05, 4.69) is 4.98 Å². The van der Waals surface area contributed by atoms with E-state index in [1.165, 1.54) is 24.5 Å². The molecule has 0 saturated heterocycles. The molecule has 1 aromatic heterocycles. The molecule has 0 fully saturated rings. The number of benzene rings is 1. The molecular formula is C17H19NO4S. The second kappa shape index (κ2) is 7.87. The van der Waals surface area contributed by atoms with Gasteiger partial charge in [0.25, 0.3) is 0 Å². The lowest BCUT2D eigenvalue weighted by Gasteiger charge is -2.13. The number of aliphatic carboxylic acids is 1. The van der Waals surface area contributed by atoms with Gasteiger partial charge in [-0.15, -0.1) is 0 Å². The summed E-state index contributed by atoms with van der Waals surface area (Å²) < 4.78 is 24.6. The fourth-order valence-corrected chi connectivity index (χ4v) is 3.95. The summed E-state index contributed by atoms with van der Waals surface area (Å²) in [5, 5.41) is 9.30. The van der Waals surface area contributed by atoms with E-state index in [9.17, 15) is 18.3 Å². The average molecular weight is 333 g/mol. The Kier molecular flexibility index (Phi) is 5.87. The van der Waals surface area contributed by atoms with Crippen molar-refractivity contribution < 1.29 is 18.3 Å². The Balaban J connectivity index is 1.98. The predicted molar refractivity (Wildman–Crippen MR) is 86.8 cm³/mol. The number of hydrogen-bond donors (Lipinski definition) is 1. The molecule has 0 aliphatic heterocycles. The fourth-order valence-electron chi connectivity index (χ4n) is 2.38. The van der Waals surface area contributed by atoms with Crippen molar-refractivity contribution in [3.63, 3.8) is 0 Å². The summed E-state index contributed by atoms with van der Waals surface area (Å²) in [5.41, 5.74) is 1.12. The first-order valence-corrected chi connectivity index (χ1v) is 9.04. The van der Waals surface area contributed by atoms with Crippen molar-refractivity contribution in [3.05, 3.63) is 60.4 Å². The number of carbonyl (C=O) groups is 1. The molecule has 1 atom stereocenters. The van der Waals surface area contributed by atoms with Gasteiger partial charge in [-0.2, -0.15) is 0 Å². The minimum Gasteiger partial charge on any atom is -0.481 e. The lowest BCUT2D eigenvalue weighted by atomic mass is 10.0. The zero-order valence-corrected chi connectivity index (χ0v) is 13.4. The number of aryl methyl sites for hydroxylation is 1. The number of carboxylic acids is 1. The SMILES string of the molecule is O=C(O)C(CCCc1ccccc1)CS(=O)(=O)c1ccncc1. The van der Waals surface area contributed by atoms with Crippen LogP contribution < -0.4 is 0 Å². The summed E-state index contributed by atoms with van der Waals surface area (Å²) in [4.78, 5) is 15.3. The largest absolute Gasteiger partial charge is 0.481 e. The van der Waals surface area contributed by atoms with Crippen LogP contribution in [0.5, 0.6) is 0 Å². The molecule has 0 radical (unpaired) electrons. The minimum absolute atomic E-state index is 0.113. The highest BCUT2D eigenvalue weighted by Gasteiger charge is 2.26.